The average molecular weight is 432 g/mol. The van der Waals surface area contributed by atoms with E-state index >= 15 is 0 Å². The Labute approximate surface area is 188 Å². The smallest absolute Gasteiger partial charge is 0.336 e. The highest BCUT2D eigenvalue weighted by molar-refractivity contribution is 6.05. The molecule has 1 aliphatic rings. The number of carboxylic acid groups (broad SMARTS) is 1. The molecule has 0 spiro atoms. The van der Waals surface area contributed by atoms with Crippen LogP contribution in [0.15, 0.2) is 42.5 Å². The number of hydrogen-bond acceptors (Lipinski definition) is 4. The van der Waals surface area contributed by atoms with Crippen LogP contribution in [0.4, 0.5) is 0 Å². The van der Waals surface area contributed by atoms with Crippen molar-refractivity contribution in [3.63, 3.8) is 0 Å². The molecule has 0 unspecified atom stereocenters. The minimum Gasteiger partial charge on any atom is -0.493 e. The summed E-state index contributed by atoms with van der Waals surface area (Å²) in [4.78, 5) is 17.0. The van der Waals surface area contributed by atoms with Crippen LogP contribution in [0, 0.1) is 5.92 Å². The second-order valence-corrected chi connectivity index (χ2v) is 8.60. The third-order valence-electron chi connectivity index (χ3n) is 5.87. The molecule has 0 bridgehead atoms. The number of methoxy groups -OCH3 is 1. The Bertz CT molecular complexity index is 1180. The first-order chi connectivity index (χ1) is 15.5. The fraction of sp³-hybridized carbons (Fsp3) is 0.333. The number of hydrogen-bond donors (Lipinski definition) is 1. The van der Waals surface area contributed by atoms with E-state index in [1.54, 1.807) is 7.11 Å². The van der Waals surface area contributed by atoms with E-state index in [4.69, 9.17) is 14.5 Å². The normalized spacial score (nSPS) is 14.6. The number of benzene rings is 2. The number of carboxylic acids is 1. The molecule has 32 heavy (non-hydrogen) atoms. The van der Waals surface area contributed by atoms with Gasteiger partial charge >= 0.3 is 5.97 Å². The molecule has 0 radical (unpaired) electrons. The van der Waals surface area contributed by atoms with E-state index in [0.29, 0.717) is 34.7 Å². The van der Waals surface area contributed by atoms with Crippen molar-refractivity contribution >= 4 is 28.5 Å². The lowest BCUT2D eigenvalue weighted by molar-refractivity contribution is 0.0697. The summed E-state index contributed by atoms with van der Waals surface area (Å²) in [5.41, 5.74) is 4.74. The summed E-state index contributed by atoms with van der Waals surface area (Å²) in [6.07, 6.45) is 5.54. The van der Waals surface area contributed by atoms with Gasteiger partial charge in [-0.05, 0) is 72.6 Å². The molecule has 0 atom stereocenters. The van der Waals surface area contributed by atoms with E-state index in [2.05, 4.69) is 19.9 Å². The lowest BCUT2D eigenvalue weighted by atomic mass is 9.86. The number of fused-ring (bicyclic) bond motifs is 2. The molecule has 1 heterocycles. The molecule has 166 valence electrons. The van der Waals surface area contributed by atoms with E-state index in [-0.39, 0.29) is 0 Å². The Morgan fingerprint density at radius 1 is 1.16 bits per heavy atom. The van der Waals surface area contributed by atoms with Gasteiger partial charge in [-0.15, -0.1) is 0 Å². The SMILES string of the molecule is COc1cc(C=C2CCCc3c2nc2ccccc2c3C(=O)O)ccc1OCCC(C)C. The van der Waals surface area contributed by atoms with Crippen LogP contribution in [0.25, 0.3) is 22.6 Å². The molecule has 0 saturated carbocycles. The summed E-state index contributed by atoms with van der Waals surface area (Å²) < 4.78 is 11.5. The topological polar surface area (TPSA) is 68.7 Å². The van der Waals surface area contributed by atoms with E-state index in [0.717, 1.165) is 53.8 Å². The third kappa shape index (κ3) is 4.47. The van der Waals surface area contributed by atoms with Crippen LogP contribution in [0.5, 0.6) is 11.5 Å². The summed E-state index contributed by atoms with van der Waals surface area (Å²) >= 11 is 0. The molecule has 0 aliphatic heterocycles. The van der Waals surface area contributed by atoms with Gasteiger partial charge in [-0.2, -0.15) is 0 Å². The van der Waals surface area contributed by atoms with Crippen molar-refractivity contribution in [2.24, 2.45) is 5.92 Å². The highest BCUT2D eigenvalue weighted by atomic mass is 16.5. The van der Waals surface area contributed by atoms with E-state index in [1.165, 1.54) is 0 Å². The minimum atomic E-state index is -0.898. The molecular weight excluding hydrogens is 402 g/mol. The largest absolute Gasteiger partial charge is 0.493 e. The van der Waals surface area contributed by atoms with Gasteiger partial charge in [-0.3, -0.25) is 0 Å². The standard InChI is InChI=1S/C27H29NO4/c1-17(2)13-14-32-23-12-11-18(16-24(23)31-3)15-19-7-6-9-21-25(27(29)30)20-8-4-5-10-22(20)28-26(19)21/h4-5,8,10-12,15-17H,6-7,9,13-14H2,1-3H3,(H,29,30). The third-order valence-corrected chi connectivity index (χ3v) is 5.87. The monoisotopic (exact) mass is 431 g/mol. The van der Waals surface area contributed by atoms with Crippen molar-refractivity contribution in [3.05, 3.63) is 64.8 Å². The van der Waals surface area contributed by atoms with E-state index in [9.17, 15) is 9.90 Å². The molecule has 1 N–H and O–H groups in total. The van der Waals surface area contributed by atoms with E-state index in [1.807, 2.05) is 42.5 Å². The van der Waals surface area contributed by atoms with Gasteiger partial charge in [0.05, 0.1) is 30.5 Å². The van der Waals surface area contributed by atoms with Crippen LogP contribution >= 0.6 is 0 Å². The fourth-order valence-corrected chi connectivity index (χ4v) is 4.22. The average Bonchev–Trinajstić information content (AvgIpc) is 2.78. The highest BCUT2D eigenvalue weighted by Crippen LogP contribution is 2.37. The molecule has 0 fully saturated rings. The van der Waals surface area contributed by atoms with Gasteiger partial charge in [0.2, 0.25) is 0 Å². The van der Waals surface area contributed by atoms with Gasteiger partial charge in [0.15, 0.2) is 11.5 Å². The molecule has 1 aromatic heterocycles. The first kappa shape index (κ1) is 21.9. The summed E-state index contributed by atoms with van der Waals surface area (Å²) in [6, 6.07) is 13.4. The van der Waals surface area contributed by atoms with Gasteiger partial charge in [-0.1, -0.05) is 38.1 Å². The second-order valence-electron chi connectivity index (χ2n) is 8.60. The highest BCUT2D eigenvalue weighted by Gasteiger charge is 2.24. The van der Waals surface area contributed by atoms with Crippen LogP contribution in [-0.4, -0.2) is 29.8 Å². The lowest BCUT2D eigenvalue weighted by Crippen LogP contribution is -2.13. The van der Waals surface area contributed by atoms with Gasteiger partial charge in [-0.25, -0.2) is 9.78 Å². The van der Waals surface area contributed by atoms with Gasteiger partial charge in [0.1, 0.15) is 0 Å². The van der Waals surface area contributed by atoms with Gasteiger partial charge < -0.3 is 14.6 Å². The number of rotatable bonds is 7. The van der Waals surface area contributed by atoms with Crippen molar-refractivity contribution in [3.8, 4) is 11.5 Å². The van der Waals surface area contributed by atoms with Crippen LogP contribution in [0.3, 0.4) is 0 Å². The van der Waals surface area contributed by atoms with Crippen molar-refractivity contribution in [1.82, 2.24) is 4.98 Å². The number of aromatic nitrogens is 1. The first-order valence-corrected chi connectivity index (χ1v) is 11.1. The number of pyridine rings is 1. The Hall–Kier alpha value is -3.34. The maximum atomic E-state index is 12.1. The predicted molar refractivity (Wildman–Crippen MR) is 127 cm³/mol. The Balaban J connectivity index is 1.73. The van der Waals surface area contributed by atoms with Crippen molar-refractivity contribution in [2.75, 3.05) is 13.7 Å². The Kier molecular flexibility index (Phi) is 6.45. The molecule has 4 rings (SSSR count). The summed E-state index contributed by atoms with van der Waals surface area (Å²) in [5.74, 6) is 1.11. The van der Waals surface area contributed by atoms with Crippen LogP contribution in [-0.2, 0) is 6.42 Å². The summed E-state index contributed by atoms with van der Waals surface area (Å²) in [7, 11) is 1.64. The molecule has 5 nitrogen and oxygen atoms in total. The predicted octanol–water partition coefficient (Wildman–Crippen LogP) is 6.24. The van der Waals surface area contributed by atoms with Crippen LogP contribution in [0.1, 0.15) is 60.3 Å². The first-order valence-electron chi connectivity index (χ1n) is 11.1. The molecule has 0 saturated heterocycles. The number of aromatic carboxylic acids is 1. The van der Waals surface area contributed by atoms with Crippen LogP contribution < -0.4 is 9.47 Å². The molecule has 3 aromatic rings. The van der Waals surface area contributed by atoms with Crippen molar-refractivity contribution in [2.45, 2.75) is 39.5 Å². The minimum absolute atomic E-state index is 0.377. The second kappa shape index (κ2) is 9.43. The zero-order chi connectivity index (χ0) is 22.7. The van der Waals surface area contributed by atoms with Crippen LogP contribution in [0.2, 0.25) is 0 Å². The van der Waals surface area contributed by atoms with Gasteiger partial charge in [0.25, 0.3) is 0 Å². The lowest BCUT2D eigenvalue weighted by Gasteiger charge is -2.21. The number of para-hydroxylation sites is 1. The number of allylic oxidation sites excluding steroid dienone is 1. The Morgan fingerprint density at radius 2 is 1.97 bits per heavy atom. The number of nitrogens with zero attached hydrogens (tertiary/aromatic N) is 1. The molecule has 1 aliphatic carbocycles. The zero-order valence-electron chi connectivity index (χ0n) is 18.9. The van der Waals surface area contributed by atoms with Gasteiger partial charge in [0, 0.05) is 5.39 Å². The molecule has 2 aromatic carbocycles. The van der Waals surface area contributed by atoms with Crippen molar-refractivity contribution < 1.29 is 19.4 Å². The quantitative estimate of drug-likeness (QED) is 0.479. The zero-order valence-corrected chi connectivity index (χ0v) is 18.9. The number of ether oxygens (including phenoxy) is 2. The summed E-state index contributed by atoms with van der Waals surface area (Å²) in [5, 5.41) is 10.6. The number of carbonyl (C=O) groups is 1. The molecular formula is C27H29NO4. The van der Waals surface area contributed by atoms with E-state index < -0.39 is 5.97 Å². The Morgan fingerprint density at radius 3 is 2.72 bits per heavy atom. The maximum Gasteiger partial charge on any atom is 0.336 e. The molecule has 0 amide bonds. The maximum absolute atomic E-state index is 12.1. The fourth-order valence-electron chi connectivity index (χ4n) is 4.22. The van der Waals surface area contributed by atoms with Crippen molar-refractivity contribution in [1.29, 1.82) is 0 Å². The summed E-state index contributed by atoms with van der Waals surface area (Å²) in [6.45, 7) is 4.99. The molecule has 5 heteroatoms.